The first-order valence-electron chi connectivity index (χ1n) is 7.44. The summed E-state index contributed by atoms with van der Waals surface area (Å²) in [6, 6.07) is 15.2. The van der Waals surface area contributed by atoms with Crippen molar-refractivity contribution >= 4 is 5.97 Å². The third kappa shape index (κ3) is 5.75. The Morgan fingerprint density at radius 2 is 1.88 bits per heavy atom. The van der Waals surface area contributed by atoms with Gasteiger partial charge in [0.1, 0.15) is 12.5 Å². The molecule has 24 heavy (non-hydrogen) atoms. The average molecular weight is 332 g/mol. The molecule has 0 saturated carbocycles. The first kappa shape index (κ1) is 18.1. The molecule has 1 N–H and O–H groups in total. The maximum atomic E-state index is 12.0. The number of hydrogen-bond acceptors (Lipinski definition) is 6. The van der Waals surface area contributed by atoms with Gasteiger partial charge in [0, 0.05) is 12.7 Å². The summed E-state index contributed by atoms with van der Waals surface area (Å²) in [7, 11) is 1.57. The van der Waals surface area contributed by atoms with E-state index in [1.54, 1.807) is 55.6 Å². The zero-order valence-electron chi connectivity index (χ0n) is 13.4. The lowest BCUT2D eigenvalue weighted by atomic mass is 10.2. The van der Waals surface area contributed by atoms with Crippen molar-refractivity contribution < 1.29 is 28.8 Å². The molecule has 128 valence electrons. The standard InChI is InChI=1S/C18H20O6/c1-21-10-11-22-13-23-17(19)15-8-5-9-16(12-15)24-18(20)14-6-3-2-4-7-14/h2-9,12,17,19H,10-11,13H2,1H3. The lowest BCUT2D eigenvalue weighted by Crippen LogP contribution is -2.11. The van der Waals surface area contributed by atoms with Crippen molar-refractivity contribution in [2.24, 2.45) is 0 Å². The summed E-state index contributed by atoms with van der Waals surface area (Å²) in [6.45, 7) is 0.751. The molecule has 0 saturated heterocycles. The summed E-state index contributed by atoms with van der Waals surface area (Å²) < 4.78 is 20.4. The number of carbonyl (C=O) groups excluding carboxylic acids is 1. The topological polar surface area (TPSA) is 74.2 Å². The van der Waals surface area contributed by atoms with Gasteiger partial charge in [-0.05, 0) is 24.3 Å². The van der Waals surface area contributed by atoms with E-state index in [0.29, 0.717) is 30.1 Å². The summed E-state index contributed by atoms with van der Waals surface area (Å²) in [5.74, 6) is -0.143. The van der Waals surface area contributed by atoms with Gasteiger partial charge in [0.25, 0.3) is 0 Å². The smallest absolute Gasteiger partial charge is 0.343 e. The molecule has 0 bridgehead atoms. The van der Waals surface area contributed by atoms with Crippen LogP contribution in [0.5, 0.6) is 5.75 Å². The van der Waals surface area contributed by atoms with E-state index in [1.165, 1.54) is 0 Å². The van der Waals surface area contributed by atoms with Crippen LogP contribution in [0.3, 0.4) is 0 Å². The summed E-state index contributed by atoms with van der Waals surface area (Å²) in [4.78, 5) is 12.0. The van der Waals surface area contributed by atoms with E-state index >= 15 is 0 Å². The van der Waals surface area contributed by atoms with Gasteiger partial charge >= 0.3 is 5.97 Å². The molecule has 2 aromatic carbocycles. The van der Waals surface area contributed by atoms with Crippen LogP contribution in [0.2, 0.25) is 0 Å². The maximum absolute atomic E-state index is 12.0. The van der Waals surface area contributed by atoms with Crippen molar-refractivity contribution in [2.75, 3.05) is 27.1 Å². The molecular weight excluding hydrogens is 312 g/mol. The SMILES string of the molecule is COCCOCOC(O)c1cccc(OC(=O)c2ccccc2)c1. The molecular formula is C18H20O6. The second-order valence-electron chi connectivity index (χ2n) is 4.87. The summed E-state index contributed by atoms with van der Waals surface area (Å²) in [5.41, 5.74) is 0.912. The van der Waals surface area contributed by atoms with Gasteiger partial charge in [-0.1, -0.05) is 30.3 Å². The number of aliphatic hydroxyl groups excluding tert-OH is 1. The lowest BCUT2D eigenvalue weighted by Gasteiger charge is -2.13. The van der Waals surface area contributed by atoms with Gasteiger partial charge < -0.3 is 24.1 Å². The second kappa shape index (κ2) is 9.79. The summed E-state index contributed by atoms with van der Waals surface area (Å²) >= 11 is 0. The quantitative estimate of drug-likeness (QED) is 0.329. The highest BCUT2D eigenvalue weighted by Crippen LogP contribution is 2.21. The number of aliphatic hydroxyl groups is 1. The van der Waals surface area contributed by atoms with Crippen LogP contribution in [0.25, 0.3) is 0 Å². The predicted molar refractivity (Wildman–Crippen MR) is 86.6 cm³/mol. The molecule has 1 atom stereocenters. The van der Waals surface area contributed by atoms with Crippen LogP contribution in [0.1, 0.15) is 22.2 Å². The molecule has 0 amide bonds. The molecule has 1 unspecified atom stereocenters. The zero-order valence-corrected chi connectivity index (χ0v) is 13.4. The van der Waals surface area contributed by atoms with E-state index < -0.39 is 12.3 Å². The molecule has 0 aromatic heterocycles. The number of ether oxygens (including phenoxy) is 4. The van der Waals surface area contributed by atoms with Crippen LogP contribution >= 0.6 is 0 Å². The fourth-order valence-corrected chi connectivity index (χ4v) is 1.88. The van der Waals surface area contributed by atoms with E-state index in [4.69, 9.17) is 18.9 Å². The van der Waals surface area contributed by atoms with E-state index in [9.17, 15) is 9.90 Å². The van der Waals surface area contributed by atoms with Crippen LogP contribution in [0.15, 0.2) is 54.6 Å². The number of esters is 1. The van der Waals surface area contributed by atoms with E-state index in [-0.39, 0.29) is 6.79 Å². The number of carbonyl (C=O) groups is 1. The minimum Gasteiger partial charge on any atom is -0.423 e. The molecule has 0 fully saturated rings. The fourth-order valence-electron chi connectivity index (χ4n) is 1.88. The average Bonchev–Trinajstić information content (AvgIpc) is 2.62. The van der Waals surface area contributed by atoms with Crippen molar-refractivity contribution in [1.29, 1.82) is 0 Å². The van der Waals surface area contributed by atoms with Gasteiger partial charge in [-0.3, -0.25) is 0 Å². The summed E-state index contributed by atoms with van der Waals surface area (Å²) in [6.07, 6.45) is -1.18. The van der Waals surface area contributed by atoms with Crippen molar-refractivity contribution in [3.8, 4) is 5.75 Å². The molecule has 0 radical (unpaired) electrons. The Labute approximate surface area is 140 Å². The molecule has 0 aliphatic rings. The van der Waals surface area contributed by atoms with Gasteiger partial charge in [0.15, 0.2) is 6.29 Å². The largest absolute Gasteiger partial charge is 0.423 e. The molecule has 6 nitrogen and oxygen atoms in total. The first-order valence-corrected chi connectivity index (χ1v) is 7.44. The van der Waals surface area contributed by atoms with Crippen LogP contribution in [-0.4, -0.2) is 38.2 Å². The second-order valence-corrected chi connectivity index (χ2v) is 4.87. The third-order valence-corrected chi connectivity index (χ3v) is 3.10. The molecule has 0 aliphatic carbocycles. The van der Waals surface area contributed by atoms with E-state index in [1.807, 2.05) is 6.07 Å². The van der Waals surface area contributed by atoms with Crippen molar-refractivity contribution in [2.45, 2.75) is 6.29 Å². The zero-order chi connectivity index (χ0) is 17.2. The number of benzene rings is 2. The van der Waals surface area contributed by atoms with Crippen LogP contribution in [0, 0.1) is 0 Å². The highest BCUT2D eigenvalue weighted by Gasteiger charge is 2.12. The monoisotopic (exact) mass is 332 g/mol. The lowest BCUT2D eigenvalue weighted by molar-refractivity contribution is -0.175. The minimum atomic E-state index is -1.18. The molecule has 6 heteroatoms. The molecule has 2 rings (SSSR count). The number of hydrogen-bond donors (Lipinski definition) is 1. The van der Waals surface area contributed by atoms with Crippen molar-refractivity contribution in [1.82, 2.24) is 0 Å². The molecule has 2 aromatic rings. The van der Waals surface area contributed by atoms with Gasteiger partial charge in [-0.15, -0.1) is 0 Å². The Bertz CT molecular complexity index is 628. The van der Waals surface area contributed by atoms with Gasteiger partial charge in [-0.25, -0.2) is 4.79 Å². The van der Waals surface area contributed by atoms with Crippen molar-refractivity contribution in [3.05, 3.63) is 65.7 Å². The Balaban J connectivity index is 1.90. The van der Waals surface area contributed by atoms with Gasteiger partial charge in [-0.2, -0.15) is 0 Å². The fraction of sp³-hybridized carbons (Fsp3) is 0.278. The highest BCUT2D eigenvalue weighted by atomic mass is 16.7. The Kier molecular flexibility index (Phi) is 7.38. The molecule has 0 heterocycles. The highest BCUT2D eigenvalue weighted by molar-refractivity contribution is 5.90. The summed E-state index contributed by atoms with van der Waals surface area (Å²) in [5, 5.41) is 9.98. The van der Waals surface area contributed by atoms with Crippen LogP contribution < -0.4 is 4.74 Å². The maximum Gasteiger partial charge on any atom is 0.343 e. The Hall–Kier alpha value is -2.25. The van der Waals surface area contributed by atoms with E-state index in [2.05, 4.69) is 0 Å². The number of rotatable bonds is 9. The Morgan fingerprint density at radius 1 is 1.08 bits per heavy atom. The van der Waals surface area contributed by atoms with Crippen LogP contribution in [-0.2, 0) is 14.2 Å². The molecule has 0 aliphatic heterocycles. The minimum absolute atomic E-state index is 0.0709. The molecule has 0 spiro atoms. The van der Waals surface area contributed by atoms with Crippen LogP contribution in [0.4, 0.5) is 0 Å². The normalized spacial score (nSPS) is 11.9. The first-order chi connectivity index (χ1) is 11.7. The predicted octanol–water partition coefficient (Wildman–Crippen LogP) is 2.53. The van der Waals surface area contributed by atoms with E-state index in [0.717, 1.165) is 0 Å². The Morgan fingerprint density at radius 3 is 2.62 bits per heavy atom. The van der Waals surface area contributed by atoms with Gasteiger partial charge in [0.2, 0.25) is 0 Å². The van der Waals surface area contributed by atoms with Crippen molar-refractivity contribution in [3.63, 3.8) is 0 Å². The third-order valence-electron chi connectivity index (χ3n) is 3.10. The number of methoxy groups -OCH3 is 1. The van der Waals surface area contributed by atoms with Gasteiger partial charge in [0.05, 0.1) is 18.8 Å².